The van der Waals surface area contributed by atoms with Gasteiger partial charge in [0.2, 0.25) is 0 Å². The lowest BCUT2D eigenvalue weighted by Crippen LogP contribution is -2.37. The fourth-order valence-corrected chi connectivity index (χ4v) is 2.02. The van der Waals surface area contributed by atoms with E-state index in [1.165, 1.54) is 25.7 Å². The summed E-state index contributed by atoms with van der Waals surface area (Å²) in [5.74, 6) is 0.864. The van der Waals surface area contributed by atoms with E-state index in [1.54, 1.807) is 0 Å². The monoisotopic (exact) mass is 156 g/mol. The second-order valence-electron chi connectivity index (χ2n) is 3.84. The molecule has 0 radical (unpaired) electrons. The molecule has 0 saturated carbocycles. The van der Waals surface area contributed by atoms with E-state index in [9.17, 15) is 0 Å². The smallest absolute Gasteiger partial charge is 0.0679 e. The molecule has 1 heterocycles. The molecule has 0 spiro atoms. The Hall–Kier alpha value is -0.0400. The molecule has 1 fully saturated rings. The van der Waals surface area contributed by atoms with Gasteiger partial charge in [-0.2, -0.15) is 0 Å². The van der Waals surface area contributed by atoms with Crippen molar-refractivity contribution in [3.63, 3.8) is 0 Å². The zero-order valence-electron chi connectivity index (χ0n) is 8.02. The lowest BCUT2D eigenvalue weighted by Gasteiger charge is -2.38. The fourth-order valence-electron chi connectivity index (χ4n) is 2.02. The van der Waals surface area contributed by atoms with Crippen LogP contribution in [0.15, 0.2) is 0 Å². The molecule has 1 heteroatoms. The van der Waals surface area contributed by atoms with Gasteiger partial charge in [-0.3, -0.25) is 0 Å². The molecule has 66 valence electrons. The van der Waals surface area contributed by atoms with Gasteiger partial charge in [-0.15, -0.1) is 0 Å². The second kappa shape index (κ2) is 3.57. The van der Waals surface area contributed by atoms with Crippen LogP contribution in [0, 0.1) is 5.92 Å². The van der Waals surface area contributed by atoms with Crippen LogP contribution in [0.5, 0.6) is 0 Å². The predicted molar refractivity (Wildman–Crippen MR) is 47.7 cm³/mol. The third-order valence-electron chi connectivity index (χ3n) is 3.03. The third kappa shape index (κ3) is 1.96. The zero-order valence-corrected chi connectivity index (χ0v) is 8.02. The molecule has 0 N–H and O–H groups in total. The first-order valence-corrected chi connectivity index (χ1v) is 4.86. The predicted octanol–water partition coefficient (Wildman–Crippen LogP) is 2.99. The summed E-state index contributed by atoms with van der Waals surface area (Å²) < 4.78 is 5.83. The summed E-state index contributed by atoms with van der Waals surface area (Å²) in [5.41, 5.74) is 0.234. The van der Waals surface area contributed by atoms with Crippen LogP contribution in [0.1, 0.15) is 46.5 Å². The maximum absolute atomic E-state index is 5.83. The first-order valence-electron chi connectivity index (χ1n) is 4.86. The summed E-state index contributed by atoms with van der Waals surface area (Å²) in [7, 11) is 0. The van der Waals surface area contributed by atoms with E-state index in [1.807, 2.05) is 0 Å². The summed E-state index contributed by atoms with van der Waals surface area (Å²) >= 11 is 0. The van der Waals surface area contributed by atoms with Gasteiger partial charge in [0.25, 0.3) is 0 Å². The van der Waals surface area contributed by atoms with Gasteiger partial charge in [-0.1, -0.05) is 20.8 Å². The lowest BCUT2D eigenvalue weighted by molar-refractivity contribution is -0.0989. The highest BCUT2D eigenvalue weighted by Crippen LogP contribution is 2.33. The lowest BCUT2D eigenvalue weighted by atomic mass is 9.83. The van der Waals surface area contributed by atoms with Crippen LogP contribution in [0.4, 0.5) is 0 Å². The van der Waals surface area contributed by atoms with Gasteiger partial charge in [0.1, 0.15) is 0 Å². The minimum atomic E-state index is 0.234. The van der Waals surface area contributed by atoms with Gasteiger partial charge in [0, 0.05) is 6.61 Å². The Morgan fingerprint density at radius 1 is 1.36 bits per heavy atom. The molecule has 1 rings (SSSR count). The van der Waals surface area contributed by atoms with Crippen LogP contribution >= 0.6 is 0 Å². The van der Waals surface area contributed by atoms with Crippen molar-refractivity contribution >= 4 is 0 Å². The maximum Gasteiger partial charge on any atom is 0.0679 e. The average Bonchev–Trinajstić information content (AvgIpc) is 2.04. The van der Waals surface area contributed by atoms with Crippen LogP contribution < -0.4 is 0 Å². The third-order valence-corrected chi connectivity index (χ3v) is 3.03. The first kappa shape index (κ1) is 9.05. The number of hydrogen-bond donors (Lipinski definition) is 0. The molecule has 0 aliphatic carbocycles. The highest BCUT2D eigenvalue weighted by Gasteiger charge is 2.32. The summed E-state index contributed by atoms with van der Waals surface area (Å²) in [4.78, 5) is 0. The summed E-state index contributed by atoms with van der Waals surface area (Å²) in [6.45, 7) is 7.79. The van der Waals surface area contributed by atoms with Crippen LogP contribution in [0.3, 0.4) is 0 Å². The van der Waals surface area contributed by atoms with Gasteiger partial charge in [-0.05, 0) is 31.6 Å². The fraction of sp³-hybridized carbons (Fsp3) is 1.00. The molecule has 1 aliphatic rings. The first-order chi connectivity index (χ1) is 5.22. The van der Waals surface area contributed by atoms with Crippen molar-refractivity contribution in [2.45, 2.75) is 52.1 Å². The van der Waals surface area contributed by atoms with E-state index in [0.29, 0.717) is 0 Å². The largest absolute Gasteiger partial charge is 0.375 e. The normalized spacial score (nSPS) is 30.3. The van der Waals surface area contributed by atoms with Crippen LogP contribution in [0.2, 0.25) is 0 Å². The molecule has 1 atom stereocenters. The second-order valence-corrected chi connectivity index (χ2v) is 3.84. The van der Waals surface area contributed by atoms with Crippen molar-refractivity contribution in [1.29, 1.82) is 0 Å². The average molecular weight is 156 g/mol. The van der Waals surface area contributed by atoms with Gasteiger partial charge in [0.15, 0.2) is 0 Å². The Bertz CT molecular complexity index is 116. The summed E-state index contributed by atoms with van der Waals surface area (Å²) in [6.07, 6.45) is 4.86. The quantitative estimate of drug-likeness (QED) is 0.597. The van der Waals surface area contributed by atoms with Crippen LogP contribution in [-0.4, -0.2) is 12.2 Å². The molecule has 11 heavy (non-hydrogen) atoms. The molecule has 0 aromatic carbocycles. The Balaban J connectivity index is 2.52. The zero-order chi connectivity index (χ0) is 8.32. The Labute approximate surface area is 70.1 Å². The highest BCUT2D eigenvalue weighted by molar-refractivity contribution is 4.83. The summed E-state index contributed by atoms with van der Waals surface area (Å²) in [6, 6.07) is 0. The standard InChI is InChI=1S/C10H20O/c1-4-10(5-2)8-9(3)6-7-11-10/h9H,4-8H2,1-3H3. The molecule has 0 bridgehead atoms. The molecular weight excluding hydrogens is 136 g/mol. The van der Waals surface area contributed by atoms with Crippen molar-refractivity contribution in [3.8, 4) is 0 Å². The van der Waals surface area contributed by atoms with Crippen LogP contribution in [0.25, 0.3) is 0 Å². The van der Waals surface area contributed by atoms with E-state index in [0.717, 1.165) is 12.5 Å². The molecule has 0 amide bonds. The molecule has 1 unspecified atom stereocenters. The van der Waals surface area contributed by atoms with Crippen molar-refractivity contribution < 1.29 is 4.74 Å². The Morgan fingerprint density at radius 3 is 2.36 bits per heavy atom. The minimum Gasteiger partial charge on any atom is -0.375 e. The van der Waals surface area contributed by atoms with Crippen molar-refractivity contribution in [2.24, 2.45) is 5.92 Å². The Morgan fingerprint density at radius 2 is 2.00 bits per heavy atom. The molecule has 1 nitrogen and oxygen atoms in total. The molecule has 1 saturated heterocycles. The molecule has 0 aromatic heterocycles. The van der Waals surface area contributed by atoms with Crippen LogP contribution in [-0.2, 0) is 4.74 Å². The van der Waals surface area contributed by atoms with Gasteiger partial charge in [-0.25, -0.2) is 0 Å². The van der Waals surface area contributed by atoms with Gasteiger partial charge in [0.05, 0.1) is 5.60 Å². The van der Waals surface area contributed by atoms with Crippen molar-refractivity contribution in [1.82, 2.24) is 0 Å². The van der Waals surface area contributed by atoms with E-state index >= 15 is 0 Å². The topological polar surface area (TPSA) is 9.23 Å². The van der Waals surface area contributed by atoms with Gasteiger partial charge < -0.3 is 4.74 Å². The minimum absolute atomic E-state index is 0.234. The molecule has 0 aromatic rings. The Kier molecular flexibility index (Phi) is 2.94. The number of rotatable bonds is 2. The highest BCUT2D eigenvalue weighted by atomic mass is 16.5. The maximum atomic E-state index is 5.83. The molecular formula is C10H20O. The van der Waals surface area contributed by atoms with E-state index < -0.39 is 0 Å². The van der Waals surface area contributed by atoms with Crippen molar-refractivity contribution in [2.75, 3.05) is 6.61 Å². The van der Waals surface area contributed by atoms with Gasteiger partial charge >= 0.3 is 0 Å². The SMILES string of the molecule is CCC1(CC)CC(C)CCO1. The number of ether oxygens (including phenoxy) is 1. The van der Waals surface area contributed by atoms with Crippen molar-refractivity contribution in [3.05, 3.63) is 0 Å². The van der Waals surface area contributed by atoms with E-state index in [-0.39, 0.29) is 5.60 Å². The van der Waals surface area contributed by atoms with E-state index in [2.05, 4.69) is 20.8 Å². The number of hydrogen-bond acceptors (Lipinski definition) is 1. The van der Waals surface area contributed by atoms with E-state index in [4.69, 9.17) is 4.74 Å². The molecule has 1 aliphatic heterocycles. The summed E-state index contributed by atoms with van der Waals surface area (Å²) in [5, 5.41) is 0.